The van der Waals surface area contributed by atoms with Crippen molar-refractivity contribution in [1.29, 1.82) is 0 Å². The molecule has 2 heterocycles. The van der Waals surface area contributed by atoms with Gasteiger partial charge >= 0.3 is 0 Å². The van der Waals surface area contributed by atoms with Gasteiger partial charge in [0.25, 0.3) is 5.91 Å². The molecule has 0 saturated carbocycles. The lowest BCUT2D eigenvalue weighted by Gasteiger charge is -2.20. The minimum atomic E-state index is -0.223. The summed E-state index contributed by atoms with van der Waals surface area (Å²) >= 11 is 0. The number of aldehydes is 1. The fourth-order valence-electron chi connectivity index (χ4n) is 2.64. The van der Waals surface area contributed by atoms with Crippen LogP contribution in [0.3, 0.4) is 0 Å². The van der Waals surface area contributed by atoms with Crippen molar-refractivity contribution >= 4 is 12.2 Å². The van der Waals surface area contributed by atoms with E-state index in [0.717, 1.165) is 11.8 Å². The van der Waals surface area contributed by atoms with Crippen molar-refractivity contribution in [2.45, 2.75) is 12.6 Å². The van der Waals surface area contributed by atoms with E-state index in [4.69, 9.17) is 0 Å². The molecule has 0 saturated heterocycles. The molecule has 0 bridgehead atoms. The molecule has 1 amide bonds. The minimum absolute atomic E-state index is 0.206. The highest BCUT2D eigenvalue weighted by Gasteiger charge is 2.18. The molecule has 0 fully saturated rings. The maximum absolute atomic E-state index is 12.6. The maximum Gasteiger partial charge on any atom is 0.268 e. The molecular weight excluding hydrogens is 304 g/mol. The van der Waals surface area contributed by atoms with Gasteiger partial charge in [-0.2, -0.15) is 0 Å². The van der Waals surface area contributed by atoms with Crippen LogP contribution in [0.25, 0.3) is 0 Å². The zero-order chi connectivity index (χ0) is 16.9. The number of amides is 1. The lowest BCUT2D eigenvalue weighted by atomic mass is 10.1. The van der Waals surface area contributed by atoms with E-state index in [1.54, 1.807) is 36.4 Å². The van der Waals surface area contributed by atoms with Crippen LogP contribution in [-0.2, 0) is 13.6 Å². The van der Waals surface area contributed by atoms with Gasteiger partial charge in [-0.25, -0.2) is 4.98 Å². The van der Waals surface area contributed by atoms with Crippen molar-refractivity contribution in [3.05, 3.63) is 78.1 Å². The predicted octanol–water partition coefficient (Wildman–Crippen LogP) is 2.21. The number of imidazole rings is 1. The number of aromatic nitrogens is 3. The summed E-state index contributed by atoms with van der Waals surface area (Å²) in [5.41, 5.74) is 1.93. The van der Waals surface area contributed by atoms with Crippen LogP contribution >= 0.6 is 0 Å². The van der Waals surface area contributed by atoms with Gasteiger partial charge in [0.1, 0.15) is 5.69 Å². The molecule has 122 valence electrons. The summed E-state index contributed by atoms with van der Waals surface area (Å²) in [7, 11) is 1.75. The molecule has 3 aromatic rings. The van der Waals surface area contributed by atoms with Gasteiger partial charge < -0.3 is 14.5 Å². The number of aryl methyl sites for hydroxylation is 1. The number of hydrogen-bond acceptors (Lipinski definition) is 3. The molecule has 6 heteroatoms. The zero-order valence-corrected chi connectivity index (χ0v) is 13.3. The van der Waals surface area contributed by atoms with Crippen molar-refractivity contribution in [3.8, 4) is 0 Å². The third kappa shape index (κ3) is 3.43. The van der Waals surface area contributed by atoms with Gasteiger partial charge in [-0.15, -0.1) is 0 Å². The summed E-state index contributed by atoms with van der Waals surface area (Å²) in [6.45, 7) is 0.570. The third-order valence-electron chi connectivity index (χ3n) is 3.85. The fourth-order valence-corrected chi connectivity index (χ4v) is 2.64. The Morgan fingerprint density at radius 2 is 2.12 bits per heavy atom. The summed E-state index contributed by atoms with van der Waals surface area (Å²) in [5.74, 6) is -0.223. The largest absolute Gasteiger partial charge is 0.346 e. The first-order valence-corrected chi connectivity index (χ1v) is 7.60. The maximum atomic E-state index is 12.6. The summed E-state index contributed by atoms with van der Waals surface area (Å²) in [6.07, 6.45) is 7.65. The van der Waals surface area contributed by atoms with Gasteiger partial charge in [0.05, 0.1) is 12.4 Å². The Labute approximate surface area is 139 Å². The molecule has 0 aliphatic carbocycles. The number of benzene rings is 1. The van der Waals surface area contributed by atoms with Gasteiger partial charge in [0.15, 0.2) is 6.29 Å². The highest BCUT2D eigenvalue weighted by atomic mass is 16.2. The summed E-state index contributed by atoms with van der Waals surface area (Å²) in [6, 6.07) is 11.1. The van der Waals surface area contributed by atoms with Crippen LogP contribution in [0.15, 0.2) is 61.3 Å². The Kier molecular flexibility index (Phi) is 4.56. The van der Waals surface area contributed by atoms with Crippen molar-refractivity contribution in [2.24, 2.45) is 7.05 Å². The number of nitrogens with one attached hydrogen (secondary N) is 1. The molecule has 6 nitrogen and oxygen atoms in total. The van der Waals surface area contributed by atoms with Gasteiger partial charge in [-0.05, 0) is 11.6 Å². The lowest BCUT2D eigenvalue weighted by molar-refractivity contribution is 0.0924. The number of hydrogen-bond donors (Lipinski definition) is 1. The van der Waals surface area contributed by atoms with E-state index in [9.17, 15) is 9.59 Å². The summed E-state index contributed by atoms with van der Waals surface area (Å²) in [5, 5.41) is 3.04. The van der Waals surface area contributed by atoms with Crippen LogP contribution in [0.2, 0.25) is 0 Å². The molecular formula is C18H18N4O2. The first-order valence-electron chi connectivity index (χ1n) is 7.60. The second-order valence-corrected chi connectivity index (χ2v) is 5.58. The Morgan fingerprint density at radius 3 is 2.75 bits per heavy atom. The monoisotopic (exact) mass is 322 g/mol. The molecule has 0 aliphatic rings. The Morgan fingerprint density at radius 1 is 1.33 bits per heavy atom. The second kappa shape index (κ2) is 6.95. The SMILES string of the molecule is Cn1cc(C=O)cc1C(=O)NC(Cn1ccnc1)c1ccccc1. The van der Waals surface area contributed by atoms with E-state index in [1.807, 2.05) is 41.1 Å². The normalized spacial score (nSPS) is 11.9. The highest BCUT2D eigenvalue weighted by molar-refractivity contribution is 5.95. The van der Waals surface area contributed by atoms with Crippen molar-refractivity contribution < 1.29 is 9.59 Å². The van der Waals surface area contributed by atoms with E-state index in [2.05, 4.69) is 10.3 Å². The van der Waals surface area contributed by atoms with Crippen LogP contribution < -0.4 is 5.32 Å². The molecule has 1 unspecified atom stereocenters. The van der Waals surface area contributed by atoms with E-state index >= 15 is 0 Å². The van der Waals surface area contributed by atoms with Gasteiger partial charge in [-0.1, -0.05) is 30.3 Å². The topological polar surface area (TPSA) is 68.9 Å². The smallest absolute Gasteiger partial charge is 0.268 e. The third-order valence-corrected chi connectivity index (χ3v) is 3.85. The van der Waals surface area contributed by atoms with E-state index in [0.29, 0.717) is 17.8 Å². The van der Waals surface area contributed by atoms with Crippen molar-refractivity contribution in [3.63, 3.8) is 0 Å². The van der Waals surface area contributed by atoms with E-state index in [1.165, 1.54) is 0 Å². The number of carbonyl (C=O) groups excluding carboxylic acids is 2. The van der Waals surface area contributed by atoms with Crippen LogP contribution in [0, 0.1) is 0 Å². The quantitative estimate of drug-likeness (QED) is 0.707. The van der Waals surface area contributed by atoms with Crippen LogP contribution in [0.5, 0.6) is 0 Å². The summed E-state index contributed by atoms with van der Waals surface area (Å²) in [4.78, 5) is 27.6. The van der Waals surface area contributed by atoms with E-state index < -0.39 is 0 Å². The average Bonchev–Trinajstić information content (AvgIpc) is 3.24. The standard InChI is InChI=1S/C18H18N4O2/c1-21-10-14(12-23)9-17(21)18(24)20-16(11-22-8-7-19-13-22)15-5-3-2-4-6-15/h2-10,12-13,16H,11H2,1H3,(H,20,24). The Hall–Kier alpha value is -3.15. The van der Waals surface area contributed by atoms with Crippen LogP contribution in [-0.4, -0.2) is 26.3 Å². The molecule has 0 radical (unpaired) electrons. The van der Waals surface area contributed by atoms with Crippen LogP contribution in [0.4, 0.5) is 0 Å². The Balaban J connectivity index is 1.84. The van der Waals surface area contributed by atoms with Crippen molar-refractivity contribution in [1.82, 2.24) is 19.4 Å². The number of rotatable bonds is 6. The van der Waals surface area contributed by atoms with Crippen LogP contribution in [0.1, 0.15) is 32.5 Å². The molecule has 1 aromatic carbocycles. The number of nitrogens with zero attached hydrogens (tertiary/aromatic N) is 3. The molecule has 0 aliphatic heterocycles. The molecule has 0 spiro atoms. The average molecular weight is 322 g/mol. The first kappa shape index (κ1) is 15.7. The lowest BCUT2D eigenvalue weighted by Crippen LogP contribution is -2.32. The summed E-state index contributed by atoms with van der Waals surface area (Å²) < 4.78 is 3.57. The molecule has 2 aromatic heterocycles. The van der Waals surface area contributed by atoms with Gasteiger partial charge in [0, 0.05) is 37.7 Å². The van der Waals surface area contributed by atoms with Gasteiger partial charge in [0.2, 0.25) is 0 Å². The Bertz CT molecular complexity index is 822. The van der Waals surface area contributed by atoms with E-state index in [-0.39, 0.29) is 11.9 Å². The zero-order valence-electron chi connectivity index (χ0n) is 13.3. The van der Waals surface area contributed by atoms with Gasteiger partial charge in [-0.3, -0.25) is 9.59 Å². The number of carbonyl (C=O) groups is 2. The fraction of sp³-hybridized carbons (Fsp3) is 0.167. The minimum Gasteiger partial charge on any atom is -0.346 e. The highest BCUT2D eigenvalue weighted by Crippen LogP contribution is 2.16. The van der Waals surface area contributed by atoms with Crippen molar-refractivity contribution in [2.75, 3.05) is 0 Å². The molecule has 3 rings (SSSR count). The molecule has 1 atom stereocenters. The second-order valence-electron chi connectivity index (χ2n) is 5.58. The molecule has 1 N–H and O–H groups in total. The first-order chi connectivity index (χ1) is 11.7. The molecule has 24 heavy (non-hydrogen) atoms. The predicted molar refractivity (Wildman–Crippen MR) is 89.7 cm³/mol.